The topological polar surface area (TPSA) is 37.4 Å². The van der Waals surface area contributed by atoms with Crippen molar-refractivity contribution >= 4 is 11.8 Å². The molecule has 0 aliphatic carbocycles. The highest BCUT2D eigenvalue weighted by Gasteiger charge is 2.48. The lowest BCUT2D eigenvalue weighted by atomic mass is 10.1. The Hall–Kier alpha value is -1.99. The maximum Gasteiger partial charge on any atom is 0.394 e. The van der Waals surface area contributed by atoms with Gasteiger partial charge in [-0.3, -0.25) is 14.5 Å². The molecule has 0 aromatic heterocycles. The SMILES string of the molecule is O=C1c2ccccc2C(=O)N1CC(F)(F)CC(F)(F)F. The van der Waals surface area contributed by atoms with Gasteiger partial charge in [-0.2, -0.15) is 13.2 Å². The fourth-order valence-corrected chi connectivity index (χ4v) is 1.96. The summed E-state index contributed by atoms with van der Waals surface area (Å²) in [5.74, 6) is -6.23. The molecule has 0 saturated carbocycles. The number of amides is 2. The number of nitrogens with zero attached hydrogens (tertiary/aromatic N) is 1. The molecule has 1 aliphatic heterocycles. The van der Waals surface area contributed by atoms with Gasteiger partial charge in [0.15, 0.2) is 0 Å². The summed E-state index contributed by atoms with van der Waals surface area (Å²) in [4.78, 5) is 23.6. The zero-order valence-corrected chi connectivity index (χ0v) is 9.88. The largest absolute Gasteiger partial charge is 0.394 e. The summed E-state index contributed by atoms with van der Waals surface area (Å²) in [5, 5.41) is 0. The Balaban J connectivity index is 2.21. The first-order valence-electron chi connectivity index (χ1n) is 5.50. The van der Waals surface area contributed by atoms with Crippen LogP contribution < -0.4 is 0 Å². The van der Waals surface area contributed by atoms with Gasteiger partial charge in [0.05, 0.1) is 17.7 Å². The molecule has 3 nitrogen and oxygen atoms in total. The fourth-order valence-electron chi connectivity index (χ4n) is 1.96. The van der Waals surface area contributed by atoms with Crippen LogP contribution in [0, 0.1) is 0 Å². The molecule has 20 heavy (non-hydrogen) atoms. The average molecular weight is 293 g/mol. The molecule has 0 fully saturated rings. The molecule has 0 radical (unpaired) electrons. The van der Waals surface area contributed by atoms with Crippen LogP contribution in [0.1, 0.15) is 27.1 Å². The summed E-state index contributed by atoms with van der Waals surface area (Å²) < 4.78 is 62.6. The normalized spacial score (nSPS) is 15.8. The van der Waals surface area contributed by atoms with E-state index in [0.717, 1.165) is 0 Å². The van der Waals surface area contributed by atoms with E-state index in [2.05, 4.69) is 0 Å². The number of hydrogen-bond donors (Lipinski definition) is 0. The maximum absolute atomic E-state index is 13.3. The van der Waals surface area contributed by atoms with Crippen molar-refractivity contribution in [3.05, 3.63) is 35.4 Å². The van der Waals surface area contributed by atoms with Gasteiger partial charge in [0.25, 0.3) is 17.7 Å². The Labute approximate surface area is 110 Å². The molecule has 0 spiro atoms. The Kier molecular flexibility index (Phi) is 3.27. The van der Waals surface area contributed by atoms with Gasteiger partial charge in [0.1, 0.15) is 6.42 Å². The standard InChI is InChI=1S/C12H8F5NO2/c13-11(14,5-12(15,16)17)6-18-9(19)7-3-1-2-4-8(7)10(18)20/h1-4H,5-6H2. The minimum atomic E-state index is -5.08. The number of carbonyl (C=O) groups excluding carboxylic acids is 2. The zero-order valence-electron chi connectivity index (χ0n) is 9.88. The molecule has 1 aliphatic rings. The fraction of sp³-hybridized carbons (Fsp3) is 0.333. The van der Waals surface area contributed by atoms with Crippen molar-refractivity contribution in [3.8, 4) is 0 Å². The van der Waals surface area contributed by atoms with Crippen molar-refractivity contribution in [1.82, 2.24) is 4.90 Å². The number of imide groups is 1. The van der Waals surface area contributed by atoms with E-state index in [0.29, 0.717) is 0 Å². The lowest BCUT2D eigenvalue weighted by Crippen LogP contribution is -2.42. The third-order valence-electron chi connectivity index (χ3n) is 2.73. The van der Waals surface area contributed by atoms with E-state index in [9.17, 15) is 31.5 Å². The summed E-state index contributed by atoms with van der Waals surface area (Å²) in [6, 6.07) is 5.39. The second-order valence-electron chi connectivity index (χ2n) is 4.39. The average Bonchev–Trinajstić information content (AvgIpc) is 2.52. The molecule has 0 atom stereocenters. The number of rotatable bonds is 3. The second-order valence-corrected chi connectivity index (χ2v) is 4.39. The van der Waals surface area contributed by atoms with E-state index in [-0.39, 0.29) is 16.0 Å². The van der Waals surface area contributed by atoms with E-state index in [4.69, 9.17) is 0 Å². The number of halogens is 5. The van der Waals surface area contributed by atoms with Gasteiger partial charge in [-0.05, 0) is 12.1 Å². The molecule has 2 amide bonds. The molecule has 0 saturated heterocycles. The van der Waals surface area contributed by atoms with Crippen LogP contribution in [-0.2, 0) is 0 Å². The number of alkyl halides is 5. The highest BCUT2D eigenvalue weighted by Crippen LogP contribution is 2.34. The van der Waals surface area contributed by atoms with Crippen molar-refractivity contribution in [1.29, 1.82) is 0 Å². The molecule has 0 bridgehead atoms. The third-order valence-corrected chi connectivity index (χ3v) is 2.73. The molecule has 1 aromatic rings. The van der Waals surface area contributed by atoms with Crippen LogP contribution in [0.2, 0.25) is 0 Å². The van der Waals surface area contributed by atoms with Crippen molar-refractivity contribution in [2.24, 2.45) is 0 Å². The molecule has 108 valence electrons. The smallest absolute Gasteiger partial charge is 0.269 e. The predicted octanol–water partition coefficient (Wildman–Crippen LogP) is 2.87. The van der Waals surface area contributed by atoms with Gasteiger partial charge < -0.3 is 0 Å². The predicted molar refractivity (Wildman–Crippen MR) is 57.4 cm³/mol. The van der Waals surface area contributed by atoms with Crippen LogP contribution in [0.3, 0.4) is 0 Å². The lowest BCUT2D eigenvalue weighted by Gasteiger charge is -2.23. The van der Waals surface area contributed by atoms with Crippen molar-refractivity contribution in [2.75, 3.05) is 6.54 Å². The van der Waals surface area contributed by atoms with Gasteiger partial charge >= 0.3 is 6.18 Å². The van der Waals surface area contributed by atoms with Gasteiger partial charge in [-0.15, -0.1) is 0 Å². The summed E-state index contributed by atoms with van der Waals surface area (Å²) in [6.45, 7) is -1.58. The van der Waals surface area contributed by atoms with Crippen LogP contribution in [0.5, 0.6) is 0 Å². The molecule has 1 aromatic carbocycles. The number of hydrogen-bond acceptors (Lipinski definition) is 2. The first kappa shape index (κ1) is 14.4. The van der Waals surface area contributed by atoms with Gasteiger partial charge in [-0.25, -0.2) is 8.78 Å². The molecule has 1 heterocycles. The first-order chi connectivity index (χ1) is 9.11. The molecule has 8 heteroatoms. The summed E-state index contributed by atoms with van der Waals surface area (Å²) >= 11 is 0. The van der Waals surface area contributed by atoms with Crippen LogP contribution >= 0.6 is 0 Å². The monoisotopic (exact) mass is 293 g/mol. The Bertz CT molecular complexity index is 532. The van der Waals surface area contributed by atoms with Crippen LogP contribution in [0.15, 0.2) is 24.3 Å². The molecule has 2 rings (SSSR count). The molecular weight excluding hydrogens is 285 g/mol. The first-order valence-corrected chi connectivity index (χ1v) is 5.50. The third kappa shape index (κ3) is 2.78. The van der Waals surface area contributed by atoms with Crippen LogP contribution in [0.4, 0.5) is 22.0 Å². The minimum absolute atomic E-state index is 0.0830. The molecular formula is C12H8F5NO2. The van der Waals surface area contributed by atoms with Crippen molar-refractivity contribution < 1.29 is 31.5 Å². The lowest BCUT2D eigenvalue weighted by molar-refractivity contribution is -0.189. The number of fused-ring (bicyclic) bond motifs is 1. The Morgan fingerprint density at radius 2 is 1.35 bits per heavy atom. The van der Waals surface area contributed by atoms with E-state index in [1.54, 1.807) is 0 Å². The van der Waals surface area contributed by atoms with E-state index in [1.807, 2.05) is 0 Å². The highest BCUT2D eigenvalue weighted by atomic mass is 19.4. The summed E-state index contributed by atoms with van der Waals surface area (Å²) in [6.07, 6.45) is -7.46. The van der Waals surface area contributed by atoms with E-state index >= 15 is 0 Å². The summed E-state index contributed by atoms with van der Waals surface area (Å²) in [7, 11) is 0. The summed E-state index contributed by atoms with van der Waals surface area (Å²) in [5.41, 5.74) is -0.166. The van der Waals surface area contributed by atoms with Gasteiger partial charge in [0, 0.05) is 0 Å². The quantitative estimate of drug-likeness (QED) is 0.635. The highest BCUT2D eigenvalue weighted by molar-refractivity contribution is 6.21. The zero-order chi connectivity index (χ0) is 15.1. The van der Waals surface area contributed by atoms with Gasteiger partial charge in [0.2, 0.25) is 0 Å². The maximum atomic E-state index is 13.3. The van der Waals surface area contributed by atoms with Crippen LogP contribution in [0.25, 0.3) is 0 Å². The Morgan fingerprint density at radius 1 is 0.900 bits per heavy atom. The number of carbonyl (C=O) groups is 2. The van der Waals surface area contributed by atoms with Gasteiger partial charge in [-0.1, -0.05) is 12.1 Å². The van der Waals surface area contributed by atoms with E-state index < -0.39 is 36.9 Å². The number of benzene rings is 1. The van der Waals surface area contributed by atoms with E-state index in [1.165, 1.54) is 24.3 Å². The van der Waals surface area contributed by atoms with Crippen LogP contribution in [-0.4, -0.2) is 35.4 Å². The molecule has 0 unspecified atom stereocenters. The second kappa shape index (κ2) is 4.53. The Morgan fingerprint density at radius 3 is 1.75 bits per heavy atom. The minimum Gasteiger partial charge on any atom is -0.269 e. The molecule has 0 N–H and O–H groups in total. The van der Waals surface area contributed by atoms with Crippen molar-refractivity contribution in [3.63, 3.8) is 0 Å². The van der Waals surface area contributed by atoms with Crippen molar-refractivity contribution in [2.45, 2.75) is 18.5 Å².